The lowest BCUT2D eigenvalue weighted by Gasteiger charge is -2.18. The maximum absolute atomic E-state index is 13.6. The number of aliphatic hydroxyl groups is 2. The third-order valence-corrected chi connectivity index (χ3v) is 5.75. The molecule has 0 radical (unpaired) electrons. The average molecular weight is 474 g/mol. The lowest BCUT2D eigenvalue weighted by molar-refractivity contribution is 0.187. The van der Waals surface area contributed by atoms with Crippen molar-refractivity contribution in [3.8, 4) is 11.5 Å². The molecule has 0 bridgehead atoms. The fourth-order valence-electron chi connectivity index (χ4n) is 4.27. The van der Waals surface area contributed by atoms with Gasteiger partial charge in [0.05, 0.1) is 12.1 Å². The van der Waals surface area contributed by atoms with Crippen molar-refractivity contribution in [1.82, 2.24) is 9.88 Å². The summed E-state index contributed by atoms with van der Waals surface area (Å²) in [5.74, 6) is 0.553. The highest BCUT2D eigenvalue weighted by atomic mass is 19.1. The van der Waals surface area contributed by atoms with Crippen molar-refractivity contribution >= 4 is 10.9 Å². The van der Waals surface area contributed by atoms with Gasteiger partial charge in [0, 0.05) is 48.4 Å². The van der Waals surface area contributed by atoms with Gasteiger partial charge in [0.25, 0.3) is 0 Å². The fourth-order valence-corrected chi connectivity index (χ4v) is 4.27. The molecular weight excluding hydrogens is 437 g/mol. The lowest BCUT2D eigenvalue weighted by atomic mass is 10.0. The molecular formula is C26H36FN3O4. The molecule has 1 heterocycles. The summed E-state index contributed by atoms with van der Waals surface area (Å²) < 4.78 is 26.9. The summed E-state index contributed by atoms with van der Waals surface area (Å²) in [6.07, 6.45) is 0.282. The molecule has 0 saturated heterocycles. The average Bonchev–Trinajstić information content (AvgIpc) is 3.11. The van der Waals surface area contributed by atoms with Crippen LogP contribution in [0.5, 0.6) is 11.5 Å². The van der Waals surface area contributed by atoms with Crippen LogP contribution in [0.1, 0.15) is 43.3 Å². The van der Waals surface area contributed by atoms with Crippen LogP contribution in [-0.4, -0.2) is 47.2 Å². The van der Waals surface area contributed by atoms with E-state index < -0.39 is 6.23 Å². The Bertz CT molecular complexity index is 1080. The number of aliphatic hydroxyl groups excluding tert-OH is 2. The van der Waals surface area contributed by atoms with Gasteiger partial charge >= 0.3 is 0 Å². The quantitative estimate of drug-likeness (QED) is 0.224. The van der Waals surface area contributed by atoms with E-state index in [0.717, 1.165) is 28.6 Å². The number of hydrogen-bond acceptors (Lipinski definition) is 6. The summed E-state index contributed by atoms with van der Waals surface area (Å²) in [5, 5.41) is 23.9. The van der Waals surface area contributed by atoms with Gasteiger partial charge in [-0.3, -0.25) is 0 Å². The van der Waals surface area contributed by atoms with Crippen LogP contribution in [0, 0.1) is 12.7 Å². The molecule has 7 nitrogen and oxygen atoms in total. The lowest BCUT2D eigenvalue weighted by Crippen LogP contribution is -2.32. The molecule has 2 unspecified atom stereocenters. The molecule has 2 aromatic carbocycles. The van der Waals surface area contributed by atoms with Gasteiger partial charge in [0.1, 0.15) is 18.7 Å². The molecule has 0 aliphatic carbocycles. The zero-order chi connectivity index (χ0) is 24.7. The van der Waals surface area contributed by atoms with Gasteiger partial charge in [0.15, 0.2) is 11.5 Å². The Balaban J connectivity index is 1.64. The van der Waals surface area contributed by atoms with E-state index in [1.165, 1.54) is 12.1 Å². The number of nitrogens with two attached hydrogens (primary N) is 1. The number of aryl methyl sites for hydroxylation is 2. The Morgan fingerprint density at radius 1 is 1.15 bits per heavy atom. The topological polar surface area (TPSA) is 102 Å². The van der Waals surface area contributed by atoms with Crippen LogP contribution in [0.2, 0.25) is 0 Å². The highest BCUT2D eigenvalue weighted by Gasteiger charge is 2.16. The SMILES string of the molecule is CCOc1ccc(F)cc1OCCNC(C)Cc1cc(C(N)O)c2c(c1)cc(C)n2CCCO. The first-order valence-electron chi connectivity index (χ1n) is 11.8. The molecule has 3 rings (SSSR count). The van der Waals surface area contributed by atoms with Crippen LogP contribution in [0.15, 0.2) is 36.4 Å². The largest absolute Gasteiger partial charge is 0.490 e. The Morgan fingerprint density at radius 3 is 2.65 bits per heavy atom. The number of halogens is 1. The standard InChI is InChI=1S/C26H36FN3O4/c1-4-33-23-7-6-21(27)16-24(23)34-11-8-29-17(2)12-19-14-20-13-18(3)30(9-5-10-31)25(20)22(15-19)26(28)32/h6-7,13-17,26,29,31-32H,4-5,8-12,28H2,1-3H3. The van der Waals surface area contributed by atoms with Crippen LogP contribution in [0.4, 0.5) is 4.39 Å². The monoisotopic (exact) mass is 473 g/mol. The normalized spacial score (nSPS) is 13.3. The van der Waals surface area contributed by atoms with Crippen LogP contribution in [0.3, 0.4) is 0 Å². The minimum atomic E-state index is -1.09. The Labute approximate surface area is 200 Å². The van der Waals surface area contributed by atoms with Gasteiger partial charge in [-0.15, -0.1) is 0 Å². The van der Waals surface area contributed by atoms with E-state index in [1.54, 1.807) is 6.07 Å². The number of benzene rings is 2. The molecule has 8 heteroatoms. The van der Waals surface area contributed by atoms with E-state index in [4.69, 9.17) is 15.2 Å². The molecule has 2 atom stereocenters. The first kappa shape index (κ1) is 26.0. The summed E-state index contributed by atoms with van der Waals surface area (Å²) in [7, 11) is 0. The van der Waals surface area contributed by atoms with Crippen molar-refractivity contribution in [2.75, 3.05) is 26.4 Å². The van der Waals surface area contributed by atoms with E-state index in [1.807, 2.05) is 19.9 Å². The van der Waals surface area contributed by atoms with E-state index in [9.17, 15) is 14.6 Å². The van der Waals surface area contributed by atoms with E-state index in [2.05, 4.69) is 28.9 Å². The molecule has 0 aliphatic rings. The Kier molecular flexibility index (Phi) is 9.29. The summed E-state index contributed by atoms with van der Waals surface area (Å²) in [4.78, 5) is 0. The molecule has 5 N–H and O–H groups in total. The van der Waals surface area contributed by atoms with Gasteiger partial charge in [-0.05, 0) is 69.5 Å². The third kappa shape index (κ3) is 6.48. The molecule has 186 valence electrons. The van der Waals surface area contributed by atoms with Crippen molar-refractivity contribution in [3.63, 3.8) is 0 Å². The number of nitrogens with zero attached hydrogens (tertiary/aromatic N) is 1. The van der Waals surface area contributed by atoms with E-state index in [0.29, 0.717) is 49.8 Å². The van der Waals surface area contributed by atoms with Crippen LogP contribution >= 0.6 is 0 Å². The number of aromatic nitrogens is 1. The molecule has 0 aliphatic heterocycles. The minimum Gasteiger partial charge on any atom is -0.490 e. The molecule has 0 amide bonds. The van der Waals surface area contributed by atoms with E-state index >= 15 is 0 Å². The zero-order valence-electron chi connectivity index (χ0n) is 20.2. The summed E-state index contributed by atoms with van der Waals surface area (Å²) in [6, 6.07) is 10.6. The molecule has 1 aromatic heterocycles. The maximum atomic E-state index is 13.6. The summed E-state index contributed by atoms with van der Waals surface area (Å²) in [5.41, 5.74) is 9.64. The van der Waals surface area contributed by atoms with Gasteiger partial charge < -0.3 is 35.3 Å². The van der Waals surface area contributed by atoms with Gasteiger partial charge in [-0.25, -0.2) is 4.39 Å². The van der Waals surface area contributed by atoms with Crippen LogP contribution < -0.4 is 20.5 Å². The Morgan fingerprint density at radius 2 is 1.94 bits per heavy atom. The first-order chi connectivity index (χ1) is 16.3. The van der Waals surface area contributed by atoms with E-state index in [-0.39, 0.29) is 18.5 Å². The number of fused-ring (bicyclic) bond motifs is 1. The van der Waals surface area contributed by atoms with Gasteiger partial charge in [-0.1, -0.05) is 0 Å². The predicted octanol–water partition coefficient (Wildman–Crippen LogP) is 3.42. The summed E-state index contributed by atoms with van der Waals surface area (Å²) >= 11 is 0. The second kappa shape index (κ2) is 12.2. The predicted molar refractivity (Wildman–Crippen MR) is 132 cm³/mol. The minimum absolute atomic E-state index is 0.108. The first-order valence-corrected chi connectivity index (χ1v) is 11.8. The number of rotatable bonds is 13. The van der Waals surface area contributed by atoms with Crippen LogP contribution in [-0.2, 0) is 13.0 Å². The van der Waals surface area contributed by atoms with Crippen LogP contribution in [0.25, 0.3) is 10.9 Å². The second-order valence-electron chi connectivity index (χ2n) is 8.51. The van der Waals surface area contributed by atoms with Crippen molar-refractivity contribution < 1.29 is 24.1 Å². The zero-order valence-corrected chi connectivity index (χ0v) is 20.2. The second-order valence-corrected chi connectivity index (χ2v) is 8.51. The van der Waals surface area contributed by atoms with Crippen molar-refractivity contribution in [2.45, 2.75) is 52.4 Å². The molecule has 3 aromatic rings. The molecule has 0 spiro atoms. The third-order valence-electron chi connectivity index (χ3n) is 5.75. The smallest absolute Gasteiger partial charge is 0.164 e. The fraction of sp³-hybridized carbons (Fsp3) is 0.462. The number of hydrogen-bond donors (Lipinski definition) is 4. The maximum Gasteiger partial charge on any atom is 0.164 e. The van der Waals surface area contributed by atoms with Crippen molar-refractivity contribution in [1.29, 1.82) is 0 Å². The van der Waals surface area contributed by atoms with Crippen molar-refractivity contribution in [3.05, 3.63) is 59.0 Å². The van der Waals surface area contributed by atoms with Crippen molar-refractivity contribution in [2.24, 2.45) is 5.73 Å². The number of nitrogens with one attached hydrogen (secondary N) is 1. The molecule has 34 heavy (non-hydrogen) atoms. The molecule has 0 saturated carbocycles. The van der Waals surface area contributed by atoms with Gasteiger partial charge in [-0.2, -0.15) is 0 Å². The highest BCUT2D eigenvalue weighted by Crippen LogP contribution is 2.29. The Hall–Kier alpha value is -2.65. The number of ether oxygens (including phenoxy) is 2. The highest BCUT2D eigenvalue weighted by molar-refractivity contribution is 5.85. The molecule has 0 fully saturated rings. The summed E-state index contributed by atoms with van der Waals surface area (Å²) in [6.45, 7) is 8.16. The van der Waals surface area contributed by atoms with Gasteiger partial charge in [0.2, 0.25) is 0 Å².